The van der Waals surface area contributed by atoms with E-state index in [2.05, 4.69) is 10.6 Å². The number of amides is 2. The van der Waals surface area contributed by atoms with Crippen LogP contribution in [0.1, 0.15) is 49.9 Å². The van der Waals surface area contributed by atoms with Crippen molar-refractivity contribution in [1.82, 2.24) is 5.32 Å². The van der Waals surface area contributed by atoms with Crippen LogP contribution in [0, 0.1) is 17.6 Å². The molecule has 2 aliphatic rings. The Bertz CT molecular complexity index is 998. The van der Waals surface area contributed by atoms with Crippen molar-refractivity contribution in [2.75, 3.05) is 5.32 Å². The molecule has 2 aromatic rings. The fourth-order valence-corrected chi connectivity index (χ4v) is 3.97. The molecule has 8 heteroatoms. The number of benzene rings is 2. The second kappa shape index (κ2) is 8.17. The minimum absolute atomic E-state index is 0.324. The molecule has 0 radical (unpaired) electrons. The highest BCUT2D eigenvalue weighted by Gasteiger charge is 2.44. The molecule has 1 spiro atoms. The molecular weight excluding hydrogens is 406 g/mol. The molecule has 1 aliphatic carbocycles. The van der Waals surface area contributed by atoms with Crippen molar-refractivity contribution in [3.05, 3.63) is 53.6 Å². The van der Waals surface area contributed by atoms with Gasteiger partial charge in [-0.1, -0.05) is 19.9 Å². The zero-order valence-corrected chi connectivity index (χ0v) is 17.3. The molecule has 2 N–H and O–H groups in total. The van der Waals surface area contributed by atoms with E-state index in [0.29, 0.717) is 17.2 Å². The number of nitrogens with one attached hydrogen (secondary N) is 2. The standard InChI is InChI=1S/C23H24F2N2O4/c1-13(2)20(27-21(28)19-15(24)6-5-7-16(19)25)22(29)26-14-8-9-17-18(12-14)31-23(30-17)10-3-4-11-23/h5-9,12-13,20H,3-4,10-11H2,1-2H3,(H,26,29)(H,27,28). The monoisotopic (exact) mass is 430 g/mol. The molecule has 0 bridgehead atoms. The SMILES string of the molecule is CC(C)C(NC(=O)c1c(F)cccc1F)C(=O)Nc1ccc2c(c1)OC1(CCCC1)O2. The molecule has 31 heavy (non-hydrogen) atoms. The van der Waals surface area contributed by atoms with Crippen LogP contribution in [0.25, 0.3) is 0 Å². The highest BCUT2D eigenvalue weighted by molar-refractivity contribution is 6.01. The summed E-state index contributed by atoms with van der Waals surface area (Å²) >= 11 is 0. The van der Waals surface area contributed by atoms with Crippen molar-refractivity contribution >= 4 is 17.5 Å². The first-order valence-corrected chi connectivity index (χ1v) is 10.4. The van der Waals surface area contributed by atoms with E-state index in [9.17, 15) is 18.4 Å². The van der Waals surface area contributed by atoms with Crippen LogP contribution in [-0.4, -0.2) is 23.6 Å². The van der Waals surface area contributed by atoms with Crippen LogP contribution in [0.15, 0.2) is 36.4 Å². The molecule has 2 aromatic carbocycles. The van der Waals surface area contributed by atoms with Gasteiger partial charge in [0, 0.05) is 24.6 Å². The summed E-state index contributed by atoms with van der Waals surface area (Å²) in [5.41, 5.74) is -0.245. The van der Waals surface area contributed by atoms with Crippen molar-refractivity contribution in [3.63, 3.8) is 0 Å². The van der Waals surface area contributed by atoms with Gasteiger partial charge in [-0.05, 0) is 43.0 Å². The predicted molar refractivity (Wildman–Crippen MR) is 110 cm³/mol. The molecule has 1 atom stereocenters. The number of carbonyl (C=O) groups is 2. The topological polar surface area (TPSA) is 76.7 Å². The summed E-state index contributed by atoms with van der Waals surface area (Å²) < 4.78 is 39.8. The van der Waals surface area contributed by atoms with Gasteiger partial charge in [-0.25, -0.2) is 8.78 Å². The third-order valence-corrected chi connectivity index (χ3v) is 5.59. The zero-order valence-electron chi connectivity index (χ0n) is 17.3. The van der Waals surface area contributed by atoms with E-state index in [1.807, 2.05) is 0 Å². The van der Waals surface area contributed by atoms with Gasteiger partial charge in [0.05, 0.1) is 0 Å². The first-order chi connectivity index (χ1) is 14.8. The van der Waals surface area contributed by atoms with Gasteiger partial charge in [-0.3, -0.25) is 9.59 Å². The number of hydrogen-bond donors (Lipinski definition) is 2. The van der Waals surface area contributed by atoms with E-state index in [0.717, 1.165) is 37.8 Å². The summed E-state index contributed by atoms with van der Waals surface area (Å²) in [6, 6.07) is 7.25. The predicted octanol–water partition coefficient (Wildman–Crippen LogP) is 4.40. The molecule has 6 nitrogen and oxygen atoms in total. The van der Waals surface area contributed by atoms with E-state index in [-0.39, 0.29) is 5.92 Å². The fourth-order valence-electron chi connectivity index (χ4n) is 3.97. The van der Waals surface area contributed by atoms with Crippen LogP contribution in [-0.2, 0) is 4.79 Å². The molecular formula is C23H24F2N2O4. The van der Waals surface area contributed by atoms with Gasteiger partial charge in [0.25, 0.3) is 11.7 Å². The summed E-state index contributed by atoms with van der Waals surface area (Å²) in [6.07, 6.45) is 3.71. The molecule has 2 amide bonds. The molecule has 1 heterocycles. The van der Waals surface area contributed by atoms with Crippen molar-refractivity contribution in [3.8, 4) is 11.5 Å². The normalized spacial score (nSPS) is 17.1. The molecule has 1 fully saturated rings. The average molecular weight is 430 g/mol. The molecule has 1 saturated carbocycles. The summed E-state index contributed by atoms with van der Waals surface area (Å²) in [4.78, 5) is 25.3. The maximum atomic E-state index is 13.9. The van der Waals surface area contributed by atoms with Crippen molar-refractivity contribution in [1.29, 1.82) is 0 Å². The van der Waals surface area contributed by atoms with Crippen molar-refractivity contribution in [2.24, 2.45) is 5.92 Å². The number of anilines is 1. The number of halogens is 2. The molecule has 0 aromatic heterocycles. The van der Waals surface area contributed by atoms with Crippen LogP contribution in [0.3, 0.4) is 0 Å². The number of carbonyl (C=O) groups excluding carboxylic acids is 2. The Morgan fingerprint density at radius 1 is 1.00 bits per heavy atom. The Morgan fingerprint density at radius 2 is 1.65 bits per heavy atom. The Kier molecular flexibility index (Phi) is 5.56. The zero-order chi connectivity index (χ0) is 22.2. The quantitative estimate of drug-likeness (QED) is 0.737. The molecule has 1 unspecified atom stereocenters. The minimum atomic E-state index is -1.00. The summed E-state index contributed by atoms with van der Waals surface area (Å²) in [5, 5.41) is 5.18. The van der Waals surface area contributed by atoms with E-state index in [1.54, 1.807) is 32.0 Å². The second-order valence-electron chi connectivity index (χ2n) is 8.26. The van der Waals surface area contributed by atoms with Crippen molar-refractivity contribution < 1.29 is 27.8 Å². The number of hydrogen-bond acceptors (Lipinski definition) is 4. The van der Waals surface area contributed by atoms with E-state index in [4.69, 9.17) is 9.47 Å². The average Bonchev–Trinajstić information content (AvgIpc) is 3.31. The summed E-state index contributed by atoms with van der Waals surface area (Å²) in [6.45, 7) is 3.46. The van der Waals surface area contributed by atoms with Gasteiger partial charge in [0.15, 0.2) is 11.5 Å². The second-order valence-corrected chi connectivity index (χ2v) is 8.26. The lowest BCUT2D eigenvalue weighted by Gasteiger charge is -2.22. The highest BCUT2D eigenvalue weighted by Crippen LogP contribution is 2.47. The third kappa shape index (κ3) is 4.19. The molecule has 4 rings (SSSR count). The van der Waals surface area contributed by atoms with E-state index in [1.165, 1.54) is 6.07 Å². The lowest BCUT2D eigenvalue weighted by atomic mass is 10.0. The Hall–Kier alpha value is -3.16. The Labute approximate surface area is 178 Å². The summed E-state index contributed by atoms with van der Waals surface area (Å²) in [5.74, 6) is -3.22. The van der Waals surface area contributed by atoms with Crippen LogP contribution in [0.5, 0.6) is 11.5 Å². The molecule has 164 valence electrons. The van der Waals surface area contributed by atoms with Crippen LogP contribution in [0.2, 0.25) is 0 Å². The number of fused-ring (bicyclic) bond motifs is 1. The maximum absolute atomic E-state index is 13.9. The summed E-state index contributed by atoms with van der Waals surface area (Å²) in [7, 11) is 0. The van der Waals surface area contributed by atoms with Gasteiger partial charge in [0.1, 0.15) is 23.2 Å². The first-order valence-electron chi connectivity index (χ1n) is 10.4. The number of ether oxygens (including phenoxy) is 2. The first kappa shape index (κ1) is 21.1. The largest absolute Gasteiger partial charge is 0.448 e. The third-order valence-electron chi connectivity index (χ3n) is 5.59. The van der Waals surface area contributed by atoms with E-state index < -0.39 is 40.8 Å². The van der Waals surface area contributed by atoms with Gasteiger partial charge in [-0.15, -0.1) is 0 Å². The van der Waals surface area contributed by atoms with E-state index >= 15 is 0 Å². The molecule has 1 aliphatic heterocycles. The fraction of sp³-hybridized carbons (Fsp3) is 0.391. The van der Waals surface area contributed by atoms with Gasteiger partial charge >= 0.3 is 0 Å². The van der Waals surface area contributed by atoms with Crippen LogP contribution >= 0.6 is 0 Å². The van der Waals surface area contributed by atoms with Gasteiger partial charge < -0.3 is 20.1 Å². The lowest BCUT2D eigenvalue weighted by Crippen LogP contribution is -2.47. The van der Waals surface area contributed by atoms with Gasteiger partial charge in [-0.2, -0.15) is 0 Å². The lowest BCUT2D eigenvalue weighted by molar-refractivity contribution is -0.118. The maximum Gasteiger partial charge on any atom is 0.257 e. The van der Waals surface area contributed by atoms with Gasteiger partial charge in [0.2, 0.25) is 5.91 Å². The van der Waals surface area contributed by atoms with Crippen LogP contribution in [0.4, 0.5) is 14.5 Å². The molecule has 0 saturated heterocycles. The highest BCUT2D eigenvalue weighted by atomic mass is 19.1. The van der Waals surface area contributed by atoms with Crippen molar-refractivity contribution in [2.45, 2.75) is 51.4 Å². The number of rotatable bonds is 5. The Balaban J connectivity index is 1.47. The van der Waals surface area contributed by atoms with Crippen LogP contribution < -0.4 is 20.1 Å². The Morgan fingerprint density at radius 3 is 2.29 bits per heavy atom. The minimum Gasteiger partial charge on any atom is -0.448 e. The smallest absolute Gasteiger partial charge is 0.257 e.